The Kier molecular flexibility index (Phi) is 7.47. The van der Waals surface area contributed by atoms with Gasteiger partial charge in [-0.15, -0.1) is 4.40 Å². The summed E-state index contributed by atoms with van der Waals surface area (Å²) in [5.41, 5.74) is 0.422. The molecule has 1 aliphatic carbocycles. The molecule has 1 atom stereocenters. The van der Waals surface area contributed by atoms with Crippen molar-refractivity contribution in [1.29, 1.82) is 0 Å². The van der Waals surface area contributed by atoms with Gasteiger partial charge < -0.3 is 20.5 Å². The highest BCUT2D eigenvalue weighted by molar-refractivity contribution is 8.23. The molecule has 13 nitrogen and oxygen atoms in total. The fourth-order valence-electron chi connectivity index (χ4n) is 5.66. The van der Waals surface area contributed by atoms with E-state index in [9.17, 15) is 37.3 Å². The molecule has 4 aromatic rings. The summed E-state index contributed by atoms with van der Waals surface area (Å²) < 4.78 is 55.0. The summed E-state index contributed by atoms with van der Waals surface area (Å²) in [7, 11) is -8.32. The molecule has 1 aliphatic heterocycles. The van der Waals surface area contributed by atoms with Crippen molar-refractivity contribution in [2.45, 2.75) is 49.1 Å². The molecule has 0 saturated heterocycles. The number of sulfonamides is 1. The van der Waals surface area contributed by atoms with E-state index >= 15 is 0 Å². The van der Waals surface area contributed by atoms with Gasteiger partial charge in [-0.2, -0.15) is 8.42 Å². The number of H-pyrrole nitrogens is 1. The molecule has 240 valence electrons. The Morgan fingerprint density at radius 1 is 1.09 bits per heavy atom. The van der Waals surface area contributed by atoms with Crippen LogP contribution in [0.5, 0.6) is 0 Å². The Labute approximate surface area is 265 Å². The molecule has 0 spiro atoms. The number of fused-ring (bicyclic) bond motifs is 3. The van der Waals surface area contributed by atoms with E-state index in [1.807, 2.05) is 6.92 Å². The van der Waals surface area contributed by atoms with Gasteiger partial charge in [0.05, 0.1) is 33.4 Å². The number of carboxylic acid groups (broad SMARTS) is 1. The number of amidine groups is 1. The molecule has 0 unspecified atom stereocenters. The van der Waals surface area contributed by atoms with Crippen molar-refractivity contribution in [3.05, 3.63) is 82.9 Å². The number of Topliss-reactive ketones (excluding diaryl/α,β-unsaturated/α-hetero) is 1. The van der Waals surface area contributed by atoms with Crippen molar-refractivity contribution >= 4 is 66.6 Å². The molecule has 0 bridgehead atoms. The molecule has 6 rings (SSSR count). The lowest BCUT2D eigenvalue weighted by atomic mass is 9.66. The first kappa shape index (κ1) is 31.3. The number of benzene rings is 3. The Hall–Kier alpha value is -4.70. The molecule has 7 N–H and O–H groups in total. The second-order valence-electron chi connectivity index (χ2n) is 11.8. The Morgan fingerprint density at radius 3 is 2.54 bits per heavy atom. The molecule has 0 radical (unpaired) electrons. The second-order valence-corrected chi connectivity index (χ2v) is 15.1. The van der Waals surface area contributed by atoms with Gasteiger partial charge in [-0.1, -0.05) is 48.9 Å². The lowest BCUT2D eigenvalue weighted by Crippen LogP contribution is -2.42. The summed E-state index contributed by atoms with van der Waals surface area (Å²) >= 11 is 0. The molecule has 1 aromatic heterocycles. The van der Waals surface area contributed by atoms with Crippen molar-refractivity contribution in [3.8, 4) is 0 Å². The number of carboxylic acids is 1. The first-order valence-corrected chi connectivity index (χ1v) is 17.2. The van der Waals surface area contributed by atoms with E-state index in [0.717, 1.165) is 6.42 Å². The smallest absolute Gasteiger partial charge is 0.335 e. The number of hydrogen-bond acceptors (Lipinski definition) is 10. The zero-order valence-corrected chi connectivity index (χ0v) is 26.5. The highest BCUT2D eigenvalue weighted by Crippen LogP contribution is 2.57. The molecule has 2 heterocycles. The maximum Gasteiger partial charge on any atom is 0.335 e. The number of hydrogen-bond donors (Lipinski definition) is 7. The van der Waals surface area contributed by atoms with Crippen molar-refractivity contribution < 1.29 is 37.3 Å². The first-order chi connectivity index (χ1) is 21.6. The maximum atomic E-state index is 14.1. The van der Waals surface area contributed by atoms with Gasteiger partial charge in [-0.25, -0.2) is 9.78 Å². The highest BCUT2D eigenvalue weighted by atomic mass is 32.3. The minimum absolute atomic E-state index is 0.0446. The summed E-state index contributed by atoms with van der Waals surface area (Å²) in [6, 6.07) is 14.9. The largest absolute Gasteiger partial charge is 0.506 e. The number of aromatic carboxylic acids is 1. The van der Waals surface area contributed by atoms with Crippen LogP contribution in [-0.2, 0) is 20.2 Å². The Balaban J connectivity index is 1.33. The van der Waals surface area contributed by atoms with Crippen LogP contribution in [0.4, 0.5) is 11.4 Å². The quantitative estimate of drug-likeness (QED) is 0.114. The number of ketones is 1. The molecule has 15 heteroatoms. The summed E-state index contributed by atoms with van der Waals surface area (Å²) in [6.07, 6.45) is 1.23. The zero-order chi connectivity index (χ0) is 33.2. The van der Waals surface area contributed by atoms with Gasteiger partial charge in [0.1, 0.15) is 16.2 Å². The van der Waals surface area contributed by atoms with E-state index in [4.69, 9.17) is 0 Å². The third kappa shape index (κ3) is 5.30. The summed E-state index contributed by atoms with van der Waals surface area (Å²) in [6.45, 7) is 5.92. The topological polar surface area (TPSA) is 214 Å². The van der Waals surface area contributed by atoms with Crippen LogP contribution in [0.2, 0.25) is 0 Å². The number of nitrogens with one attached hydrogen (secondary N) is 3. The number of anilines is 2. The normalized spacial score (nSPS) is 19.7. The van der Waals surface area contributed by atoms with E-state index in [0.29, 0.717) is 23.5 Å². The van der Waals surface area contributed by atoms with Crippen LogP contribution in [0.3, 0.4) is 0 Å². The highest BCUT2D eigenvalue weighted by Gasteiger charge is 2.46. The van der Waals surface area contributed by atoms with Crippen LogP contribution in [-0.4, -0.2) is 55.3 Å². The predicted octanol–water partition coefficient (Wildman–Crippen LogP) is 6.16. The fourth-order valence-corrected chi connectivity index (χ4v) is 7.84. The van der Waals surface area contributed by atoms with E-state index in [2.05, 4.69) is 38.3 Å². The van der Waals surface area contributed by atoms with Crippen LogP contribution in [0.25, 0.3) is 16.8 Å². The Morgan fingerprint density at radius 2 is 1.83 bits per heavy atom. The van der Waals surface area contributed by atoms with Gasteiger partial charge in [0.25, 0.3) is 10.0 Å². The average molecular weight is 666 g/mol. The number of nitrogens with zero attached hydrogens (tertiary/aromatic N) is 2. The van der Waals surface area contributed by atoms with Gasteiger partial charge in [-0.3, -0.25) is 18.6 Å². The number of rotatable bonds is 8. The number of imidazole rings is 1. The van der Waals surface area contributed by atoms with Gasteiger partial charge in [0, 0.05) is 5.56 Å². The minimum atomic E-state index is -4.33. The van der Waals surface area contributed by atoms with Crippen molar-refractivity contribution in [1.82, 2.24) is 9.97 Å². The number of carbonyl (C=O) groups is 2. The number of aliphatic hydroxyl groups excluding tert-OH is 1. The van der Waals surface area contributed by atoms with E-state index in [-0.39, 0.29) is 50.0 Å². The standard InChI is InChI=1S/C31H31N5O8S2/c1-16(2)12-13-31(3)20-7-5-4-6-19(20)26(37)25(27(31)38)28-32-22-11-9-18(15-24(22)45(41,42)36-28)35-46(43,44)30-33-21-10-8-17(29(39)40)14-23(21)34-30/h4-11,14-16,35,37,41-42H,12-13H2,1-3H3,(H,32,36)(H,33,34)(H,39,40)/t31-/m1/s1. The van der Waals surface area contributed by atoms with E-state index < -0.39 is 43.1 Å². The third-order valence-corrected chi connectivity index (χ3v) is 10.7. The molecule has 0 amide bonds. The molecular formula is C31H31N5O8S2. The third-order valence-electron chi connectivity index (χ3n) is 8.16. The molecule has 2 aliphatic rings. The summed E-state index contributed by atoms with van der Waals surface area (Å²) in [5.74, 6) is -1.84. The summed E-state index contributed by atoms with van der Waals surface area (Å²) in [4.78, 5) is 31.9. The minimum Gasteiger partial charge on any atom is -0.506 e. The van der Waals surface area contributed by atoms with Gasteiger partial charge >= 0.3 is 5.97 Å². The maximum absolute atomic E-state index is 14.1. The van der Waals surface area contributed by atoms with Crippen molar-refractivity contribution in [3.63, 3.8) is 0 Å². The lowest BCUT2D eigenvalue weighted by molar-refractivity contribution is -0.120. The van der Waals surface area contributed by atoms with E-state index in [1.165, 1.54) is 36.4 Å². The number of aromatic amines is 1. The van der Waals surface area contributed by atoms with Gasteiger partial charge in [-0.05, 0) is 67.6 Å². The first-order valence-electron chi connectivity index (χ1n) is 14.2. The van der Waals surface area contributed by atoms with Crippen LogP contribution in [0.15, 0.2) is 80.7 Å². The van der Waals surface area contributed by atoms with Gasteiger partial charge in [0.15, 0.2) is 11.6 Å². The van der Waals surface area contributed by atoms with Crippen molar-refractivity contribution in [2.75, 3.05) is 10.0 Å². The van der Waals surface area contributed by atoms with E-state index in [1.54, 1.807) is 24.3 Å². The van der Waals surface area contributed by atoms with Crippen LogP contribution in [0.1, 0.15) is 55.1 Å². The monoisotopic (exact) mass is 665 g/mol. The van der Waals surface area contributed by atoms with Crippen LogP contribution >= 0.6 is 10.8 Å². The van der Waals surface area contributed by atoms with Gasteiger partial charge in [0.2, 0.25) is 5.16 Å². The molecule has 0 saturated carbocycles. The number of carbonyl (C=O) groups excluding carboxylic acids is 1. The predicted molar refractivity (Wildman–Crippen MR) is 175 cm³/mol. The molecule has 0 fully saturated rings. The Bertz CT molecular complexity index is 2120. The zero-order valence-electron chi connectivity index (χ0n) is 24.9. The van der Waals surface area contributed by atoms with Crippen molar-refractivity contribution in [2.24, 2.45) is 10.3 Å². The second kappa shape index (κ2) is 11.0. The SMILES string of the molecule is CC(C)CC[C@@]1(C)C(=O)C(C2=NS(O)(O)c3cc(NS(=O)(=O)c4nc5ccc(C(=O)O)cc5[nH]4)ccc3N2)=C(O)c2ccccc21. The van der Waals surface area contributed by atoms with Crippen LogP contribution in [0, 0.1) is 5.92 Å². The molecule has 46 heavy (non-hydrogen) atoms. The van der Waals surface area contributed by atoms with Crippen LogP contribution < -0.4 is 10.0 Å². The molecule has 3 aromatic carbocycles. The average Bonchev–Trinajstić information content (AvgIpc) is 3.44. The number of aliphatic hydroxyl groups is 1. The fraction of sp³-hybridized carbons (Fsp3) is 0.226. The summed E-state index contributed by atoms with van der Waals surface area (Å²) in [5, 5.41) is 23.0. The molecular weight excluding hydrogens is 635 g/mol. The lowest BCUT2D eigenvalue weighted by Gasteiger charge is -2.39. The number of aromatic nitrogens is 2.